The summed E-state index contributed by atoms with van der Waals surface area (Å²) < 4.78 is 1.33. The van der Waals surface area contributed by atoms with E-state index in [0.717, 1.165) is 15.8 Å². The van der Waals surface area contributed by atoms with E-state index < -0.39 is 0 Å². The molecule has 2 atom stereocenters. The Morgan fingerprint density at radius 1 is 1.23 bits per heavy atom. The van der Waals surface area contributed by atoms with E-state index in [1.807, 2.05) is 24.3 Å². The van der Waals surface area contributed by atoms with Gasteiger partial charge in [-0.3, -0.25) is 9.59 Å². The van der Waals surface area contributed by atoms with Crippen molar-refractivity contribution >= 4 is 56.6 Å². The molecule has 2 aromatic heterocycles. The molecule has 1 aromatic carbocycles. The van der Waals surface area contributed by atoms with Crippen molar-refractivity contribution in [3.05, 3.63) is 56.5 Å². The Balaban J connectivity index is 1.58. The van der Waals surface area contributed by atoms with Crippen molar-refractivity contribution in [1.82, 2.24) is 15.6 Å². The normalized spacial score (nSPS) is 18.7. The average molecular weight is 408 g/mol. The molecule has 0 bridgehead atoms. The van der Waals surface area contributed by atoms with E-state index >= 15 is 0 Å². The number of aromatic amines is 1. The van der Waals surface area contributed by atoms with Crippen molar-refractivity contribution in [2.24, 2.45) is 0 Å². The number of carbonyl (C=O) groups excluding carboxylic acids is 2. The maximum absolute atomic E-state index is 12.7. The number of fused-ring (bicyclic) bond motifs is 2. The molecule has 26 heavy (non-hydrogen) atoms. The Kier molecular flexibility index (Phi) is 4.42. The van der Waals surface area contributed by atoms with E-state index in [0.29, 0.717) is 27.0 Å². The van der Waals surface area contributed by atoms with Crippen molar-refractivity contribution in [1.29, 1.82) is 0 Å². The summed E-state index contributed by atoms with van der Waals surface area (Å²) in [5, 5.41) is 6.39. The van der Waals surface area contributed by atoms with Crippen molar-refractivity contribution in [2.75, 3.05) is 0 Å². The van der Waals surface area contributed by atoms with Gasteiger partial charge in [0.2, 0.25) is 5.91 Å². The molecule has 8 heteroatoms. The van der Waals surface area contributed by atoms with Crippen LogP contribution in [0.4, 0.5) is 0 Å². The third-order valence-electron chi connectivity index (χ3n) is 4.53. The predicted octanol–water partition coefficient (Wildman–Crippen LogP) is 4.07. The van der Waals surface area contributed by atoms with Crippen molar-refractivity contribution in [2.45, 2.75) is 25.4 Å². The van der Waals surface area contributed by atoms with Crippen LogP contribution < -0.4 is 10.6 Å². The molecule has 3 N–H and O–H groups in total. The third kappa shape index (κ3) is 2.98. The number of amides is 2. The van der Waals surface area contributed by atoms with Gasteiger partial charge < -0.3 is 15.6 Å². The van der Waals surface area contributed by atoms with Crippen LogP contribution in [0.2, 0.25) is 9.36 Å². The highest BCUT2D eigenvalue weighted by atomic mass is 35.5. The minimum atomic E-state index is -0.248. The van der Waals surface area contributed by atoms with E-state index in [1.165, 1.54) is 18.3 Å². The highest BCUT2D eigenvalue weighted by Gasteiger charge is 2.34. The Morgan fingerprint density at radius 2 is 2.00 bits per heavy atom. The van der Waals surface area contributed by atoms with Gasteiger partial charge in [-0.15, -0.1) is 11.3 Å². The Labute approximate surface area is 163 Å². The fourth-order valence-corrected chi connectivity index (χ4v) is 4.90. The fraction of sp³-hybridized carbons (Fsp3) is 0.222. The minimum absolute atomic E-state index is 0.132. The van der Waals surface area contributed by atoms with E-state index in [2.05, 4.69) is 15.6 Å². The maximum atomic E-state index is 12.7. The number of nitrogens with one attached hydrogen (secondary N) is 3. The van der Waals surface area contributed by atoms with Gasteiger partial charge in [0.15, 0.2) is 0 Å². The summed E-state index contributed by atoms with van der Waals surface area (Å²) in [6.07, 6.45) is 0.661. The second-order valence-corrected chi connectivity index (χ2v) is 8.31. The van der Waals surface area contributed by atoms with Gasteiger partial charge in [0.05, 0.1) is 27.3 Å². The molecule has 0 spiro atoms. The van der Waals surface area contributed by atoms with Crippen molar-refractivity contribution in [3.63, 3.8) is 0 Å². The average Bonchev–Trinajstić information content (AvgIpc) is 3.23. The highest BCUT2D eigenvalue weighted by molar-refractivity contribution is 7.23. The summed E-state index contributed by atoms with van der Waals surface area (Å²) >= 11 is 13.5. The molecule has 4 rings (SSSR count). The number of thiophene rings is 1. The summed E-state index contributed by atoms with van der Waals surface area (Å²) in [5.41, 5.74) is 3.25. The summed E-state index contributed by atoms with van der Waals surface area (Å²) in [6, 6.07) is 9.16. The van der Waals surface area contributed by atoms with Gasteiger partial charge in [0.25, 0.3) is 5.91 Å². The molecule has 2 amide bonds. The fourth-order valence-electron chi connectivity index (χ4n) is 3.41. The number of benzene rings is 1. The van der Waals surface area contributed by atoms with Crippen LogP contribution in [-0.2, 0) is 11.2 Å². The van der Waals surface area contributed by atoms with Gasteiger partial charge in [-0.2, -0.15) is 0 Å². The van der Waals surface area contributed by atoms with Gasteiger partial charge in [-0.1, -0.05) is 47.5 Å². The number of hydrogen-bond donors (Lipinski definition) is 3. The number of carbonyl (C=O) groups is 2. The van der Waals surface area contributed by atoms with E-state index in [1.54, 1.807) is 6.07 Å². The SMILES string of the molecule is CC(=O)N[C@@H]1c2ccccc2C[C@@H]1NC(=O)c1cc2sc(Cl)c(Cl)c2[nH]1. The molecule has 0 aliphatic heterocycles. The first kappa shape index (κ1) is 17.4. The molecule has 0 saturated heterocycles. The predicted molar refractivity (Wildman–Crippen MR) is 104 cm³/mol. The second-order valence-electron chi connectivity index (χ2n) is 6.27. The highest BCUT2D eigenvalue weighted by Crippen LogP contribution is 2.39. The van der Waals surface area contributed by atoms with Crippen LogP contribution in [0.1, 0.15) is 34.6 Å². The second kappa shape index (κ2) is 6.61. The van der Waals surface area contributed by atoms with Gasteiger partial charge in [0, 0.05) is 6.92 Å². The zero-order chi connectivity index (χ0) is 18.4. The van der Waals surface area contributed by atoms with E-state index in [4.69, 9.17) is 23.2 Å². The molecule has 5 nitrogen and oxygen atoms in total. The standard InChI is InChI=1S/C18H15Cl2N3O2S/c1-8(24)21-15-10-5-3-2-4-9(10)6-11(15)23-18(25)12-7-13-16(22-12)14(19)17(20)26-13/h2-5,7,11,15,22H,6H2,1H3,(H,21,24)(H,23,25)/t11-,15+/m0/s1. The summed E-state index contributed by atoms with van der Waals surface area (Å²) in [7, 11) is 0. The molecule has 0 radical (unpaired) electrons. The lowest BCUT2D eigenvalue weighted by Gasteiger charge is -2.22. The molecule has 1 aliphatic carbocycles. The zero-order valence-electron chi connectivity index (χ0n) is 13.7. The van der Waals surface area contributed by atoms with Crippen molar-refractivity contribution in [3.8, 4) is 0 Å². The van der Waals surface area contributed by atoms with Crippen LogP contribution in [0.25, 0.3) is 10.2 Å². The van der Waals surface area contributed by atoms with Gasteiger partial charge in [-0.05, 0) is 23.6 Å². The first-order valence-corrected chi connectivity index (χ1v) is 9.63. The lowest BCUT2D eigenvalue weighted by Crippen LogP contribution is -2.44. The summed E-state index contributed by atoms with van der Waals surface area (Å²) in [6.45, 7) is 1.48. The molecule has 0 unspecified atom stereocenters. The number of hydrogen-bond acceptors (Lipinski definition) is 3. The first-order chi connectivity index (χ1) is 12.4. The van der Waals surface area contributed by atoms with Gasteiger partial charge in [0.1, 0.15) is 10.0 Å². The van der Waals surface area contributed by atoms with Crippen LogP contribution in [0.15, 0.2) is 30.3 Å². The smallest absolute Gasteiger partial charge is 0.268 e. The van der Waals surface area contributed by atoms with Gasteiger partial charge in [-0.25, -0.2) is 0 Å². The van der Waals surface area contributed by atoms with Crippen LogP contribution >= 0.6 is 34.5 Å². The molecule has 3 aromatic rings. The monoisotopic (exact) mass is 407 g/mol. The summed E-state index contributed by atoms with van der Waals surface area (Å²) in [5.74, 6) is -0.374. The van der Waals surface area contributed by atoms with Crippen LogP contribution in [0, 0.1) is 0 Å². The third-order valence-corrected chi connectivity index (χ3v) is 6.46. The van der Waals surface area contributed by atoms with Gasteiger partial charge >= 0.3 is 0 Å². The number of H-pyrrole nitrogens is 1. The van der Waals surface area contributed by atoms with E-state index in [-0.39, 0.29) is 23.9 Å². The topological polar surface area (TPSA) is 74.0 Å². The van der Waals surface area contributed by atoms with Crippen LogP contribution in [0.5, 0.6) is 0 Å². The Morgan fingerprint density at radius 3 is 2.73 bits per heavy atom. The van der Waals surface area contributed by atoms with Crippen LogP contribution in [-0.4, -0.2) is 22.8 Å². The number of aromatic nitrogens is 1. The molecular formula is C18H15Cl2N3O2S. The molecule has 0 saturated carbocycles. The lowest BCUT2D eigenvalue weighted by molar-refractivity contribution is -0.119. The van der Waals surface area contributed by atoms with Crippen molar-refractivity contribution < 1.29 is 9.59 Å². The number of halogens is 2. The first-order valence-electron chi connectivity index (χ1n) is 8.06. The molecule has 134 valence electrons. The molecule has 1 aliphatic rings. The summed E-state index contributed by atoms with van der Waals surface area (Å²) in [4.78, 5) is 27.4. The largest absolute Gasteiger partial charge is 0.349 e. The number of rotatable bonds is 3. The Hall–Kier alpha value is -2.02. The minimum Gasteiger partial charge on any atom is -0.349 e. The molecule has 2 heterocycles. The van der Waals surface area contributed by atoms with Crippen LogP contribution in [0.3, 0.4) is 0 Å². The lowest BCUT2D eigenvalue weighted by atomic mass is 10.1. The van der Waals surface area contributed by atoms with E-state index in [9.17, 15) is 9.59 Å². The molecular weight excluding hydrogens is 393 g/mol. The quantitative estimate of drug-likeness (QED) is 0.611. The Bertz CT molecular complexity index is 1030. The zero-order valence-corrected chi connectivity index (χ0v) is 16.1. The molecule has 0 fully saturated rings. The maximum Gasteiger partial charge on any atom is 0.268 e.